The standard InChI is InChI=1S/C23H16N2O6S/c26-24(27)17-1-3-19-20-4-2-18(25(28)29)8-22(20)23(21(19)7-17)9-13-5-15-11-31-32(30)12-16(15)6-14(13)10-23/h1-8H,9-12H2. The molecule has 0 fully saturated rings. The van der Waals surface area contributed by atoms with Gasteiger partial charge in [0.15, 0.2) is 11.1 Å². The third-order valence-corrected chi connectivity index (χ3v) is 7.80. The number of nitro benzene ring substituents is 2. The van der Waals surface area contributed by atoms with E-state index in [1.54, 1.807) is 24.3 Å². The van der Waals surface area contributed by atoms with Gasteiger partial charge >= 0.3 is 0 Å². The van der Waals surface area contributed by atoms with Crippen molar-refractivity contribution in [2.24, 2.45) is 0 Å². The molecule has 1 heterocycles. The summed E-state index contributed by atoms with van der Waals surface area (Å²) in [6.45, 7) is 0.284. The van der Waals surface area contributed by atoms with Crippen molar-refractivity contribution in [1.29, 1.82) is 0 Å². The monoisotopic (exact) mass is 448 g/mol. The molecule has 0 saturated carbocycles. The van der Waals surface area contributed by atoms with Crippen LogP contribution in [-0.2, 0) is 45.9 Å². The lowest BCUT2D eigenvalue weighted by Gasteiger charge is -2.26. The minimum Gasteiger partial charge on any atom is -0.285 e. The molecule has 0 aromatic heterocycles. The lowest BCUT2D eigenvalue weighted by atomic mass is 9.75. The molecule has 1 aliphatic heterocycles. The van der Waals surface area contributed by atoms with E-state index in [0.29, 0.717) is 18.6 Å². The van der Waals surface area contributed by atoms with E-state index < -0.39 is 26.3 Å². The van der Waals surface area contributed by atoms with Gasteiger partial charge in [-0.1, -0.05) is 12.1 Å². The molecule has 1 atom stereocenters. The number of non-ortho nitro benzene ring substituents is 2. The number of benzene rings is 3. The lowest BCUT2D eigenvalue weighted by molar-refractivity contribution is -0.385. The van der Waals surface area contributed by atoms with E-state index in [4.69, 9.17) is 4.18 Å². The predicted octanol–water partition coefficient (Wildman–Crippen LogP) is 4.26. The molecule has 9 heteroatoms. The Morgan fingerprint density at radius 3 is 1.84 bits per heavy atom. The van der Waals surface area contributed by atoms with Crippen molar-refractivity contribution >= 4 is 22.5 Å². The normalized spacial score (nSPS) is 19.2. The van der Waals surface area contributed by atoms with Crippen molar-refractivity contribution in [3.8, 4) is 11.1 Å². The molecule has 0 radical (unpaired) electrons. The molecule has 2 aliphatic carbocycles. The number of hydrogen-bond acceptors (Lipinski definition) is 6. The van der Waals surface area contributed by atoms with Crippen LogP contribution in [0.3, 0.4) is 0 Å². The average molecular weight is 448 g/mol. The van der Waals surface area contributed by atoms with E-state index in [-0.39, 0.29) is 18.0 Å². The van der Waals surface area contributed by atoms with Gasteiger partial charge in [-0.3, -0.25) is 24.4 Å². The van der Waals surface area contributed by atoms with E-state index in [0.717, 1.165) is 44.5 Å². The third kappa shape index (κ3) is 2.61. The molecular weight excluding hydrogens is 432 g/mol. The third-order valence-electron chi connectivity index (χ3n) is 6.87. The van der Waals surface area contributed by atoms with Crippen molar-refractivity contribution in [3.63, 3.8) is 0 Å². The first-order valence-corrected chi connectivity index (χ1v) is 11.3. The van der Waals surface area contributed by atoms with Gasteiger partial charge in [0.2, 0.25) is 0 Å². The fourth-order valence-electron chi connectivity index (χ4n) is 5.48. The van der Waals surface area contributed by atoms with Crippen LogP contribution in [0.25, 0.3) is 11.1 Å². The number of nitrogens with zero attached hydrogens (tertiary/aromatic N) is 2. The molecule has 6 rings (SSSR count). The van der Waals surface area contributed by atoms with Gasteiger partial charge in [0, 0.05) is 29.7 Å². The van der Waals surface area contributed by atoms with Gasteiger partial charge in [-0.2, -0.15) is 0 Å². The fourth-order valence-corrected chi connectivity index (χ4v) is 6.34. The zero-order valence-corrected chi connectivity index (χ0v) is 17.5. The lowest BCUT2D eigenvalue weighted by Crippen LogP contribution is -2.26. The summed E-state index contributed by atoms with van der Waals surface area (Å²) in [5.41, 5.74) is 6.97. The molecule has 0 bridgehead atoms. The predicted molar refractivity (Wildman–Crippen MR) is 116 cm³/mol. The average Bonchev–Trinajstić information content (AvgIpc) is 3.27. The molecule has 0 saturated heterocycles. The second-order valence-electron chi connectivity index (χ2n) is 8.51. The van der Waals surface area contributed by atoms with Gasteiger partial charge in [0.05, 0.1) is 22.2 Å². The van der Waals surface area contributed by atoms with Crippen molar-refractivity contribution < 1.29 is 18.2 Å². The van der Waals surface area contributed by atoms with Gasteiger partial charge in [-0.05, 0) is 69.5 Å². The maximum absolute atomic E-state index is 11.9. The van der Waals surface area contributed by atoms with Crippen LogP contribution >= 0.6 is 0 Å². The second-order valence-corrected chi connectivity index (χ2v) is 9.64. The Kier molecular flexibility index (Phi) is 3.94. The highest BCUT2D eigenvalue weighted by molar-refractivity contribution is 7.79. The van der Waals surface area contributed by atoms with E-state index in [9.17, 15) is 24.4 Å². The number of fused-ring (bicyclic) bond motifs is 7. The maximum Gasteiger partial charge on any atom is 0.269 e. The molecule has 0 N–H and O–H groups in total. The van der Waals surface area contributed by atoms with Crippen LogP contribution in [0.5, 0.6) is 0 Å². The highest BCUT2D eigenvalue weighted by Gasteiger charge is 2.48. The summed E-state index contributed by atoms with van der Waals surface area (Å²) in [6.07, 6.45) is 1.16. The summed E-state index contributed by atoms with van der Waals surface area (Å²) in [5, 5.41) is 23.0. The zero-order chi connectivity index (χ0) is 22.2. The molecule has 160 valence electrons. The number of hydrogen-bond donors (Lipinski definition) is 0. The van der Waals surface area contributed by atoms with Crippen molar-refractivity contribution in [2.45, 2.75) is 30.6 Å². The van der Waals surface area contributed by atoms with E-state index in [1.807, 2.05) is 0 Å². The number of nitro groups is 2. The van der Waals surface area contributed by atoms with Crippen LogP contribution in [-0.4, -0.2) is 14.1 Å². The molecule has 8 nitrogen and oxygen atoms in total. The zero-order valence-electron chi connectivity index (χ0n) is 16.7. The summed E-state index contributed by atoms with van der Waals surface area (Å²) < 4.78 is 17.2. The van der Waals surface area contributed by atoms with Crippen molar-refractivity contribution in [1.82, 2.24) is 0 Å². The smallest absolute Gasteiger partial charge is 0.269 e. The van der Waals surface area contributed by atoms with E-state index in [1.165, 1.54) is 12.1 Å². The quantitative estimate of drug-likeness (QED) is 0.428. The van der Waals surface area contributed by atoms with Crippen LogP contribution in [0.4, 0.5) is 11.4 Å². The minimum atomic E-state index is -1.35. The molecule has 32 heavy (non-hydrogen) atoms. The molecule has 3 aromatic carbocycles. The largest absolute Gasteiger partial charge is 0.285 e. The second kappa shape index (κ2) is 6.54. The Bertz CT molecular complexity index is 1340. The number of rotatable bonds is 2. The molecular formula is C23H16N2O6S. The van der Waals surface area contributed by atoms with Crippen LogP contribution < -0.4 is 0 Å². The molecule has 3 aliphatic rings. The SMILES string of the molecule is O=[N+]([O-])c1ccc2c(c1)C1(Cc3cc4c(cc3C1)CS(=O)OC4)c1cc([N+](=O)[O-])ccc1-2. The molecule has 1 spiro atoms. The Labute approximate surface area is 184 Å². The molecule has 0 amide bonds. The Morgan fingerprint density at radius 1 is 0.781 bits per heavy atom. The van der Waals surface area contributed by atoms with Crippen LogP contribution in [0.1, 0.15) is 33.4 Å². The first-order chi connectivity index (χ1) is 15.4. The Morgan fingerprint density at radius 2 is 1.31 bits per heavy atom. The van der Waals surface area contributed by atoms with E-state index in [2.05, 4.69) is 12.1 Å². The Hall–Kier alpha value is -3.43. The fraction of sp³-hybridized carbons (Fsp3) is 0.217. The molecule has 3 aromatic rings. The van der Waals surface area contributed by atoms with Crippen molar-refractivity contribution in [3.05, 3.63) is 102 Å². The van der Waals surface area contributed by atoms with Crippen molar-refractivity contribution in [2.75, 3.05) is 0 Å². The topological polar surface area (TPSA) is 113 Å². The summed E-state index contributed by atoms with van der Waals surface area (Å²) >= 11 is -1.35. The van der Waals surface area contributed by atoms with Gasteiger partial charge < -0.3 is 0 Å². The van der Waals surface area contributed by atoms with Crippen LogP contribution in [0.2, 0.25) is 0 Å². The van der Waals surface area contributed by atoms with Crippen LogP contribution in [0, 0.1) is 20.2 Å². The van der Waals surface area contributed by atoms with Gasteiger partial charge in [0.1, 0.15) is 0 Å². The molecule has 1 unspecified atom stereocenters. The van der Waals surface area contributed by atoms with Crippen LogP contribution in [0.15, 0.2) is 48.5 Å². The van der Waals surface area contributed by atoms with Gasteiger partial charge in [0.25, 0.3) is 11.4 Å². The highest BCUT2D eigenvalue weighted by Crippen LogP contribution is 2.56. The first kappa shape index (κ1) is 19.3. The Balaban J connectivity index is 1.57. The minimum absolute atomic E-state index is 0.00415. The first-order valence-electron chi connectivity index (χ1n) is 10.1. The summed E-state index contributed by atoms with van der Waals surface area (Å²) in [7, 11) is 0. The maximum atomic E-state index is 11.9. The van der Waals surface area contributed by atoms with Gasteiger partial charge in [-0.25, -0.2) is 4.21 Å². The summed E-state index contributed by atoms with van der Waals surface area (Å²) in [6, 6.07) is 13.8. The van der Waals surface area contributed by atoms with E-state index >= 15 is 0 Å². The highest BCUT2D eigenvalue weighted by atomic mass is 32.2. The van der Waals surface area contributed by atoms with Gasteiger partial charge in [-0.15, -0.1) is 0 Å². The summed E-state index contributed by atoms with van der Waals surface area (Å²) in [5.74, 6) is 0.333. The summed E-state index contributed by atoms with van der Waals surface area (Å²) in [4.78, 5) is 22.2.